The first-order chi connectivity index (χ1) is 11.8. The van der Waals surface area contributed by atoms with Crippen LogP contribution in [0.3, 0.4) is 0 Å². The van der Waals surface area contributed by atoms with E-state index < -0.39 is 0 Å². The van der Waals surface area contributed by atoms with Crippen molar-refractivity contribution in [3.8, 4) is 0 Å². The fraction of sp³-hybridized carbons (Fsp3) is 0.0952. The maximum Gasteiger partial charge on any atom is 0.267 e. The van der Waals surface area contributed by atoms with Gasteiger partial charge in [0.15, 0.2) is 0 Å². The van der Waals surface area contributed by atoms with Crippen molar-refractivity contribution >= 4 is 27.6 Å². The summed E-state index contributed by atoms with van der Waals surface area (Å²) in [5.41, 5.74) is 2.84. The number of hydrogen-bond acceptors (Lipinski definition) is 1. The molecule has 3 aromatic carbocycles. The predicted octanol–water partition coefficient (Wildman–Crippen LogP) is 4.29. The lowest BCUT2D eigenvalue weighted by molar-refractivity contribution is 0.0950. The molecule has 118 valence electrons. The SMILES string of the molecule is O=C(NCCc1cccc2ccccc12)c1cc2ccccc2[nH]1. The van der Waals surface area contributed by atoms with E-state index in [1.165, 1.54) is 16.3 Å². The van der Waals surface area contributed by atoms with Crippen molar-refractivity contribution < 1.29 is 4.79 Å². The number of aromatic amines is 1. The van der Waals surface area contributed by atoms with Crippen LogP contribution in [0.25, 0.3) is 21.7 Å². The van der Waals surface area contributed by atoms with Gasteiger partial charge in [0, 0.05) is 17.4 Å². The third-order valence-corrected chi connectivity index (χ3v) is 4.33. The second-order valence-electron chi connectivity index (χ2n) is 5.91. The number of carbonyl (C=O) groups is 1. The zero-order valence-electron chi connectivity index (χ0n) is 13.3. The number of benzene rings is 3. The van der Waals surface area contributed by atoms with Gasteiger partial charge < -0.3 is 10.3 Å². The van der Waals surface area contributed by atoms with E-state index in [9.17, 15) is 4.79 Å². The molecule has 3 nitrogen and oxygen atoms in total. The van der Waals surface area contributed by atoms with E-state index in [4.69, 9.17) is 0 Å². The largest absolute Gasteiger partial charge is 0.351 e. The molecule has 0 radical (unpaired) electrons. The molecule has 2 N–H and O–H groups in total. The molecule has 0 unspecified atom stereocenters. The van der Waals surface area contributed by atoms with Gasteiger partial charge in [-0.15, -0.1) is 0 Å². The van der Waals surface area contributed by atoms with Crippen LogP contribution in [0.1, 0.15) is 16.1 Å². The molecule has 0 atom stereocenters. The third kappa shape index (κ3) is 2.76. The first kappa shape index (κ1) is 14.5. The highest BCUT2D eigenvalue weighted by atomic mass is 16.1. The molecule has 4 aromatic rings. The second-order valence-corrected chi connectivity index (χ2v) is 5.91. The Morgan fingerprint density at radius 3 is 2.50 bits per heavy atom. The molecule has 1 amide bonds. The van der Waals surface area contributed by atoms with Crippen LogP contribution in [0.4, 0.5) is 0 Å². The number of H-pyrrole nitrogens is 1. The van der Waals surface area contributed by atoms with Crippen LogP contribution >= 0.6 is 0 Å². The van der Waals surface area contributed by atoms with Gasteiger partial charge >= 0.3 is 0 Å². The van der Waals surface area contributed by atoms with Gasteiger partial charge in [-0.3, -0.25) is 4.79 Å². The molecular formula is C21H18N2O. The Bertz CT molecular complexity index is 978. The lowest BCUT2D eigenvalue weighted by Gasteiger charge is -2.07. The van der Waals surface area contributed by atoms with E-state index >= 15 is 0 Å². The quantitative estimate of drug-likeness (QED) is 0.580. The fourth-order valence-corrected chi connectivity index (χ4v) is 3.11. The number of carbonyl (C=O) groups excluding carboxylic acids is 1. The summed E-state index contributed by atoms with van der Waals surface area (Å²) in [4.78, 5) is 15.5. The molecule has 0 aliphatic carbocycles. The van der Waals surface area contributed by atoms with Crippen LogP contribution in [0, 0.1) is 0 Å². The summed E-state index contributed by atoms with van der Waals surface area (Å²) < 4.78 is 0. The summed E-state index contributed by atoms with van der Waals surface area (Å²) in [6.45, 7) is 0.613. The van der Waals surface area contributed by atoms with E-state index in [0.717, 1.165) is 17.3 Å². The van der Waals surface area contributed by atoms with Crippen molar-refractivity contribution in [1.29, 1.82) is 0 Å². The Hall–Kier alpha value is -3.07. The summed E-state index contributed by atoms with van der Waals surface area (Å²) >= 11 is 0. The monoisotopic (exact) mass is 314 g/mol. The fourth-order valence-electron chi connectivity index (χ4n) is 3.11. The van der Waals surface area contributed by atoms with Gasteiger partial charge in [0.05, 0.1) is 0 Å². The first-order valence-corrected chi connectivity index (χ1v) is 8.14. The molecule has 24 heavy (non-hydrogen) atoms. The summed E-state index contributed by atoms with van der Waals surface area (Å²) in [5.74, 6) is -0.0635. The van der Waals surface area contributed by atoms with Gasteiger partial charge in [-0.05, 0) is 34.9 Å². The molecule has 0 saturated carbocycles. The number of fused-ring (bicyclic) bond motifs is 2. The van der Waals surface area contributed by atoms with E-state index in [-0.39, 0.29) is 5.91 Å². The average molecular weight is 314 g/mol. The number of nitrogens with one attached hydrogen (secondary N) is 2. The van der Waals surface area contributed by atoms with Gasteiger partial charge in [-0.25, -0.2) is 0 Å². The van der Waals surface area contributed by atoms with Crippen molar-refractivity contribution in [2.45, 2.75) is 6.42 Å². The maximum atomic E-state index is 12.3. The summed E-state index contributed by atoms with van der Waals surface area (Å²) in [7, 11) is 0. The van der Waals surface area contributed by atoms with Gasteiger partial charge in [-0.1, -0.05) is 60.7 Å². The van der Waals surface area contributed by atoms with Crippen molar-refractivity contribution in [1.82, 2.24) is 10.3 Å². The van der Waals surface area contributed by atoms with Crippen LogP contribution in [0.5, 0.6) is 0 Å². The van der Waals surface area contributed by atoms with Crippen LogP contribution in [0.15, 0.2) is 72.8 Å². The highest BCUT2D eigenvalue weighted by Gasteiger charge is 2.09. The van der Waals surface area contributed by atoms with Crippen LogP contribution in [-0.2, 0) is 6.42 Å². The number of para-hydroxylation sites is 1. The lowest BCUT2D eigenvalue weighted by Crippen LogP contribution is -2.25. The number of hydrogen-bond donors (Lipinski definition) is 2. The molecular weight excluding hydrogens is 296 g/mol. The van der Waals surface area contributed by atoms with Crippen molar-refractivity contribution in [2.75, 3.05) is 6.54 Å². The Morgan fingerprint density at radius 2 is 1.62 bits per heavy atom. The zero-order chi connectivity index (χ0) is 16.4. The predicted molar refractivity (Wildman–Crippen MR) is 98.3 cm³/mol. The molecule has 0 spiro atoms. The molecule has 4 rings (SSSR count). The minimum Gasteiger partial charge on any atom is -0.351 e. The minimum atomic E-state index is -0.0635. The molecule has 1 aromatic heterocycles. The van der Waals surface area contributed by atoms with Gasteiger partial charge in [-0.2, -0.15) is 0 Å². The van der Waals surface area contributed by atoms with Crippen molar-refractivity contribution in [3.05, 3.63) is 84.1 Å². The Kier molecular flexibility index (Phi) is 3.75. The van der Waals surface area contributed by atoms with Crippen molar-refractivity contribution in [3.63, 3.8) is 0 Å². The summed E-state index contributed by atoms with van der Waals surface area (Å²) in [6, 6.07) is 24.4. The maximum absolute atomic E-state index is 12.3. The van der Waals surface area contributed by atoms with E-state index in [0.29, 0.717) is 12.2 Å². The van der Waals surface area contributed by atoms with Gasteiger partial charge in [0.2, 0.25) is 0 Å². The molecule has 3 heteroatoms. The highest BCUT2D eigenvalue weighted by Crippen LogP contribution is 2.19. The summed E-state index contributed by atoms with van der Waals surface area (Å²) in [6.07, 6.45) is 0.813. The molecule has 0 fully saturated rings. The highest BCUT2D eigenvalue weighted by molar-refractivity contribution is 5.98. The smallest absolute Gasteiger partial charge is 0.267 e. The van der Waals surface area contributed by atoms with Crippen LogP contribution < -0.4 is 5.32 Å². The molecule has 0 aliphatic rings. The Morgan fingerprint density at radius 1 is 0.875 bits per heavy atom. The number of rotatable bonds is 4. The number of amides is 1. The second kappa shape index (κ2) is 6.20. The minimum absolute atomic E-state index is 0.0635. The molecule has 1 heterocycles. The van der Waals surface area contributed by atoms with Crippen molar-refractivity contribution in [2.24, 2.45) is 0 Å². The zero-order valence-corrected chi connectivity index (χ0v) is 13.3. The summed E-state index contributed by atoms with van der Waals surface area (Å²) in [5, 5.41) is 6.54. The molecule has 0 aliphatic heterocycles. The Labute approximate surface area is 140 Å². The third-order valence-electron chi connectivity index (χ3n) is 4.33. The molecule has 0 bridgehead atoms. The standard InChI is InChI=1S/C21H18N2O/c24-21(20-14-17-7-2-4-11-19(17)23-20)22-13-12-16-9-5-8-15-6-1-3-10-18(15)16/h1-11,14,23H,12-13H2,(H,22,24). The number of aromatic nitrogens is 1. The average Bonchev–Trinajstić information content (AvgIpc) is 3.06. The van der Waals surface area contributed by atoms with Gasteiger partial charge in [0.1, 0.15) is 5.69 Å². The van der Waals surface area contributed by atoms with E-state index in [1.54, 1.807) is 0 Å². The normalized spacial score (nSPS) is 11.0. The van der Waals surface area contributed by atoms with E-state index in [2.05, 4.69) is 46.7 Å². The first-order valence-electron chi connectivity index (χ1n) is 8.14. The van der Waals surface area contributed by atoms with Crippen LogP contribution in [0.2, 0.25) is 0 Å². The van der Waals surface area contributed by atoms with E-state index in [1.807, 2.05) is 36.4 Å². The van der Waals surface area contributed by atoms with Crippen LogP contribution in [-0.4, -0.2) is 17.4 Å². The molecule has 0 saturated heterocycles. The van der Waals surface area contributed by atoms with Gasteiger partial charge in [0.25, 0.3) is 5.91 Å². The Balaban J connectivity index is 1.45. The lowest BCUT2D eigenvalue weighted by atomic mass is 10.0. The topological polar surface area (TPSA) is 44.9 Å².